The van der Waals surface area contributed by atoms with Gasteiger partial charge in [-0.1, -0.05) is 12.1 Å². The van der Waals surface area contributed by atoms with Crippen LogP contribution in [0.4, 0.5) is 0 Å². The molecule has 0 fully saturated rings. The van der Waals surface area contributed by atoms with Gasteiger partial charge in [0.15, 0.2) is 0 Å². The molecule has 0 atom stereocenters. The van der Waals surface area contributed by atoms with Crippen molar-refractivity contribution in [3.8, 4) is 11.6 Å². The molecule has 0 aliphatic heterocycles. The summed E-state index contributed by atoms with van der Waals surface area (Å²) in [4.78, 5) is 17.1. The van der Waals surface area contributed by atoms with E-state index in [1.807, 2.05) is 42.5 Å². The van der Waals surface area contributed by atoms with Crippen molar-refractivity contribution >= 4 is 33.1 Å². The number of benzene rings is 2. The largest absolute Gasteiger partial charge is 0.449 e. The SMILES string of the molecule is c1ccc2c(c1)oc1c(Oc3ccc4nccnc4c3)ncnc12. The van der Waals surface area contributed by atoms with Crippen molar-refractivity contribution in [3.63, 3.8) is 0 Å². The fourth-order valence-electron chi connectivity index (χ4n) is 2.69. The van der Waals surface area contributed by atoms with Crippen LogP contribution in [0.1, 0.15) is 0 Å². The molecule has 0 radical (unpaired) electrons. The van der Waals surface area contributed by atoms with Gasteiger partial charge in [-0.15, -0.1) is 0 Å². The average molecular weight is 314 g/mol. The zero-order valence-corrected chi connectivity index (χ0v) is 12.4. The van der Waals surface area contributed by atoms with Gasteiger partial charge in [-0.05, 0) is 24.3 Å². The Morgan fingerprint density at radius 1 is 0.833 bits per heavy atom. The second-order valence-electron chi connectivity index (χ2n) is 5.26. The molecule has 0 amide bonds. The summed E-state index contributed by atoms with van der Waals surface area (Å²) in [6, 6.07) is 13.2. The first-order valence-electron chi connectivity index (χ1n) is 7.39. The predicted octanol–water partition coefficient (Wildman–Crippen LogP) is 4.11. The fourth-order valence-corrected chi connectivity index (χ4v) is 2.69. The van der Waals surface area contributed by atoms with E-state index in [-0.39, 0.29) is 0 Å². The minimum Gasteiger partial charge on any atom is -0.449 e. The number of rotatable bonds is 2. The minimum atomic E-state index is 0.374. The van der Waals surface area contributed by atoms with Gasteiger partial charge in [0, 0.05) is 23.8 Å². The number of para-hydroxylation sites is 1. The van der Waals surface area contributed by atoms with E-state index >= 15 is 0 Å². The molecule has 6 heteroatoms. The van der Waals surface area contributed by atoms with Crippen LogP contribution < -0.4 is 4.74 Å². The molecule has 0 N–H and O–H groups in total. The number of hydrogen-bond acceptors (Lipinski definition) is 6. The van der Waals surface area contributed by atoms with E-state index in [1.54, 1.807) is 12.4 Å². The molecule has 3 heterocycles. The number of furan rings is 1. The molecule has 0 unspecified atom stereocenters. The fraction of sp³-hybridized carbons (Fsp3) is 0. The van der Waals surface area contributed by atoms with E-state index < -0.39 is 0 Å². The van der Waals surface area contributed by atoms with Crippen LogP contribution in [-0.2, 0) is 0 Å². The van der Waals surface area contributed by atoms with Gasteiger partial charge in [-0.25, -0.2) is 4.98 Å². The molecule has 0 bridgehead atoms. The molecule has 0 aliphatic carbocycles. The molecule has 5 aromatic rings. The quantitative estimate of drug-likeness (QED) is 0.488. The topological polar surface area (TPSA) is 73.9 Å². The zero-order chi connectivity index (χ0) is 15.9. The summed E-state index contributed by atoms with van der Waals surface area (Å²) in [5.41, 5.74) is 3.57. The van der Waals surface area contributed by atoms with Crippen molar-refractivity contribution < 1.29 is 9.15 Å². The van der Waals surface area contributed by atoms with Crippen LogP contribution in [0, 0.1) is 0 Å². The molecule has 0 aliphatic rings. The maximum Gasteiger partial charge on any atom is 0.267 e. The summed E-state index contributed by atoms with van der Waals surface area (Å²) in [6.45, 7) is 0. The highest BCUT2D eigenvalue weighted by Gasteiger charge is 2.14. The van der Waals surface area contributed by atoms with E-state index in [0.29, 0.717) is 17.2 Å². The Morgan fingerprint density at radius 2 is 1.71 bits per heavy atom. The number of aromatic nitrogens is 4. The standard InChI is InChI=1S/C18H10N4O2/c1-2-4-15-12(3-1)16-17(24-15)18(22-10-21-16)23-11-5-6-13-14(9-11)20-8-7-19-13/h1-10H. The molecule has 6 nitrogen and oxygen atoms in total. The van der Waals surface area contributed by atoms with Gasteiger partial charge in [0.05, 0.1) is 11.0 Å². The highest BCUT2D eigenvalue weighted by Crippen LogP contribution is 2.33. The summed E-state index contributed by atoms with van der Waals surface area (Å²) in [5.74, 6) is 0.989. The van der Waals surface area contributed by atoms with E-state index in [0.717, 1.165) is 27.5 Å². The molecule has 0 spiro atoms. The van der Waals surface area contributed by atoms with Crippen LogP contribution in [-0.4, -0.2) is 19.9 Å². The first-order valence-corrected chi connectivity index (χ1v) is 7.39. The number of fused-ring (bicyclic) bond motifs is 4. The summed E-state index contributed by atoms with van der Waals surface area (Å²) < 4.78 is 11.8. The van der Waals surface area contributed by atoms with Gasteiger partial charge in [-0.3, -0.25) is 9.97 Å². The maximum absolute atomic E-state index is 5.92. The minimum absolute atomic E-state index is 0.374. The molecule has 24 heavy (non-hydrogen) atoms. The molecule has 0 saturated carbocycles. The molecular weight excluding hydrogens is 304 g/mol. The van der Waals surface area contributed by atoms with Crippen molar-refractivity contribution in [2.24, 2.45) is 0 Å². The van der Waals surface area contributed by atoms with Crippen molar-refractivity contribution in [1.82, 2.24) is 19.9 Å². The van der Waals surface area contributed by atoms with Crippen LogP contribution in [0.15, 0.2) is 65.6 Å². The Labute approximate surface area is 135 Å². The van der Waals surface area contributed by atoms with Crippen LogP contribution in [0.25, 0.3) is 33.1 Å². The zero-order valence-electron chi connectivity index (χ0n) is 12.4. The van der Waals surface area contributed by atoms with Crippen LogP contribution in [0.3, 0.4) is 0 Å². The van der Waals surface area contributed by atoms with E-state index in [2.05, 4.69) is 19.9 Å². The van der Waals surface area contributed by atoms with E-state index in [9.17, 15) is 0 Å². The van der Waals surface area contributed by atoms with Gasteiger partial charge in [0.2, 0.25) is 5.58 Å². The van der Waals surface area contributed by atoms with Gasteiger partial charge in [0.1, 0.15) is 23.2 Å². The Kier molecular flexibility index (Phi) is 2.69. The summed E-state index contributed by atoms with van der Waals surface area (Å²) >= 11 is 0. The van der Waals surface area contributed by atoms with Crippen molar-refractivity contribution in [2.45, 2.75) is 0 Å². The number of ether oxygens (including phenoxy) is 1. The highest BCUT2D eigenvalue weighted by atomic mass is 16.5. The van der Waals surface area contributed by atoms with Gasteiger partial charge < -0.3 is 9.15 Å². The summed E-state index contributed by atoms with van der Waals surface area (Å²) in [6.07, 6.45) is 4.78. The predicted molar refractivity (Wildman–Crippen MR) is 88.9 cm³/mol. The third-order valence-electron chi connectivity index (χ3n) is 3.78. The molecule has 0 saturated heterocycles. The maximum atomic E-state index is 5.92. The smallest absolute Gasteiger partial charge is 0.267 e. The van der Waals surface area contributed by atoms with E-state index in [1.165, 1.54) is 6.33 Å². The molecule has 114 valence electrons. The second-order valence-corrected chi connectivity index (χ2v) is 5.26. The van der Waals surface area contributed by atoms with Crippen LogP contribution in [0.5, 0.6) is 11.6 Å². The van der Waals surface area contributed by atoms with Crippen LogP contribution in [0.2, 0.25) is 0 Å². The first kappa shape index (κ1) is 13.0. The van der Waals surface area contributed by atoms with Crippen molar-refractivity contribution in [3.05, 3.63) is 61.2 Å². The van der Waals surface area contributed by atoms with E-state index in [4.69, 9.17) is 9.15 Å². The Balaban J connectivity index is 1.65. The first-order chi connectivity index (χ1) is 11.9. The van der Waals surface area contributed by atoms with Crippen LogP contribution >= 0.6 is 0 Å². The number of nitrogens with zero attached hydrogens (tertiary/aromatic N) is 4. The summed E-state index contributed by atoms with van der Waals surface area (Å²) in [5, 5.41) is 0.934. The lowest BCUT2D eigenvalue weighted by Crippen LogP contribution is -1.90. The Morgan fingerprint density at radius 3 is 2.67 bits per heavy atom. The molecule has 2 aromatic carbocycles. The van der Waals surface area contributed by atoms with Gasteiger partial charge >= 0.3 is 0 Å². The average Bonchev–Trinajstić information content (AvgIpc) is 3.02. The molecular formula is C18H10N4O2. The monoisotopic (exact) mass is 314 g/mol. The second kappa shape index (κ2) is 4.99. The third kappa shape index (κ3) is 1.97. The highest BCUT2D eigenvalue weighted by molar-refractivity contribution is 6.03. The lowest BCUT2D eigenvalue weighted by molar-refractivity contribution is 0.457. The Bertz CT molecular complexity index is 1200. The summed E-state index contributed by atoms with van der Waals surface area (Å²) in [7, 11) is 0. The number of hydrogen-bond donors (Lipinski definition) is 0. The molecule has 3 aromatic heterocycles. The van der Waals surface area contributed by atoms with Gasteiger partial charge in [-0.2, -0.15) is 4.98 Å². The van der Waals surface area contributed by atoms with Crippen molar-refractivity contribution in [2.75, 3.05) is 0 Å². The normalized spacial score (nSPS) is 11.3. The lowest BCUT2D eigenvalue weighted by Gasteiger charge is -2.05. The third-order valence-corrected chi connectivity index (χ3v) is 3.78. The van der Waals surface area contributed by atoms with Crippen molar-refractivity contribution in [1.29, 1.82) is 0 Å². The lowest BCUT2D eigenvalue weighted by atomic mass is 10.2. The van der Waals surface area contributed by atoms with Gasteiger partial charge in [0.25, 0.3) is 5.88 Å². The Hall–Kier alpha value is -3.54. The molecule has 5 rings (SSSR count).